The quantitative estimate of drug-likeness (QED) is 0.574. The first kappa shape index (κ1) is 22.7. The second-order valence-corrected chi connectivity index (χ2v) is 10.8. The molecule has 0 N–H and O–H groups in total. The van der Waals surface area contributed by atoms with E-state index < -0.39 is 0 Å². The number of thiophene rings is 2. The van der Waals surface area contributed by atoms with Crippen LogP contribution in [0.5, 0.6) is 0 Å². The summed E-state index contributed by atoms with van der Waals surface area (Å²) in [5, 5.41) is 10.5. The number of nitrogens with zero attached hydrogens (tertiary/aromatic N) is 4. The molecule has 2 aromatic rings. The molecule has 33 heavy (non-hydrogen) atoms. The number of hydrazone groups is 1. The van der Waals surface area contributed by atoms with Gasteiger partial charge in [0.25, 0.3) is 5.91 Å². The third-order valence-electron chi connectivity index (χ3n) is 6.53. The van der Waals surface area contributed by atoms with Crippen molar-refractivity contribution in [1.29, 1.82) is 0 Å². The first-order chi connectivity index (χ1) is 16.1. The van der Waals surface area contributed by atoms with Gasteiger partial charge in [0.05, 0.1) is 29.8 Å². The first-order valence-corrected chi connectivity index (χ1v) is 13.4. The molecule has 1 saturated heterocycles. The van der Waals surface area contributed by atoms with Gasteiger partial charge in [-0.1, -0.05) is 6.07 Å². The van der Waals surface area contributed by atoms with E-state index in [0.29, 0.717) is 13.0 Å². The van der Waals surface area contributed by atoms with E-state index in [4.69, 9.17) is 9.84 Å². The molecule has 176 valence electrons. The zero-order valence-electron chi connectivity index (χ0n) is 18.9. The lowest BCUT2D eigenvalue weighted by Crippen LogP contribution is -2.47. The van der Waals surface area contributed by atoms with Gasteiger partial charge < -0.3 is 9.64 Å². The minimum absolute atomic E-state index is 0.0848. The molecule has 0 bridgehead atoms. The van der Waals surface area contributed by atoms with Gasteiger partial charge in [0, 0.05) is 43.4 Å². The molecule has 3 aliphatic rings. The van der Waals surface area contributed by atoms with Crippen molar-refractivity contribution >= 4 is 40.2 Å². The summed E-state index contributed by atoms with van der Waals surface area (Å²) in [5.74, 6) is 0.0963. The molecule has 0 aromatic carbocycles. The number of rotatable bonds is 8. The predicted molar refractivity (Wildman–Crippen MR) is 131 cm³/mol. The number of hydrogen-bond donors (Lipinski definition) is 0. The molecule has 0 radical (unpaired) electrons. The van der Waals surface area contributed by atoms with Crippen molar-refractivity contribution in [3.63, 3.8) is 0 Å². The Morgan fingerprint density at radius 3 is 2.67 bits per heavy atom. The zero-order chi connectivity index (χ0) is 22.8. The molecule has 0 spiro atoms. The number of ether oxygens (including phenoxy) is 1. The van der Waals surface area contributed by atoms with Gasteiger partial charge in [0.2, 0.25) is 5.91 Å². The lowest BCUT2D eigenvalue weighted by molar-refractivity contribution is -0.142. The van der Waals surface area contributed by atoms with Gasteiger partial charge in [-0.05, 0) is 48.2 Å². The molecule has 1 atom stereocenters. The number of amides is 2. The van der Waals surface area contributed by atoms with Crippen molar-refractivity contribution in [2.75, 3.05) is 45.9 Å². The van der Waals surface area contributed by atoms with Crippen LogP contribution in [0.4, 0.5) is 0 Å². The van der Waals surface area contributed by atoms with E-state index in [0.717, 1.165) is 56.3 Å². The summed E-state index contributed by atoms with van der Waals surface area (Å²) in [6.45, 7) is 6.71. The third-order valence-corrected chi connectivity index (χ3v) is 8.57. The number of aryl methyl sites for hydroxylation is 1. The van der Waals surface area contributed by atoms with Crippen molar-refractivity contribution in [2.24, 2.45) is 11.0 Å². The van der Waals surface area contributed by atoms with Crippen LogP contribution in [0.1, 0.15) is 40.6 Å². The van der Waals surface area contributed by atoms with Crippen LogP contribution in [0.3, 0.4) is 0 Å². The highest BCUT2D eigenvalue weighted by Crippen LogP contribution is 2.38. The first-order valence-electron chi connectivity index (χ1n) is 11.7. The summed E-state index contributed by atoms with van der Waals surface area (Å²) in [7, 11) is 0. The maximum absolute atomic E-state index is 13.6. The van der Waals surface area contributed by atoms with E-state index in [-0.39, 0.29) is 30.3 Å². The molecule has 1 aliphatic carbocycles. The van der Waals surface area contributed by atoms with E-state index in [1.54, 1.807) is 32.6 Å². The van der Waals surface area contributed by atoms with Crippen molar-refractivity contribution in [3.05, 3.63) is 44.3 Å². The van der Waals surface area contributed by atoms with E-state index >= 15 is 0 Å². The largest absolute Gasteiger partial charge is 0.379 e. The van der Waals surface area contributed by atoms with Gasteiger partial charge in [-0.2, -0.15) is 5.10 Å². The van der Waals surface area contributed by atoms with Crippen LogP contribution in [0.2, 0.25) is 0 Å². The van der Waals surface area contributed by atoms with Crippen molar-refractivity contribution < 1.29 is 14.3 Å². The number of carbonyl (C=O) groups excluding carboxylic acids is 2. The number of morpholine rings is 1. The van der Waals surface area contributed by atoms with E-state index in [2.05, 4.69) is 29.3 Å². The van der Waals surface area contributed by atoms with Crippen LogP contribution in [0.25, 0.3) is 0 Å². The van der Waals surface area contributed by atoms with Crippen molar-refractivity contribution in [1.82, 2.24) is 14.8 Å². The van der Waals surface area contributed by atoms with Crippen LogP contribution in [0.15, 0.2) is 34.1 Å². The summed E-state index contributed by atoms with van der Waals surface area (Å²) in [6.07, 6.45) is 2.57. The molecule has 1 unspecified atom stereocenters. The standard InChI is InChI=1S/C24H30N4O3S2/c1-17-6-14-33-23(17)20-15-19(21-3-2-13-32-21)25-28(20)22(29)16-27(24(30)18-4-5-18)8-7-26-9-11-31-12-10-26/h2-3,6,13-14,18,20H,4-5,7-12,15-16H2,1H3. The number of carbonyl (C=O) groups is 2. The third kappa shape index (κ3) is 5.21. The van der Waals surface area contributed by atoms with Crippen LogP contribution in [-0.4, -0.2) is 78.3 Å². The molecule has 9 heteroatoms. The molecule has 2 aliphatic heterocycles. The second-order valence-electron chi connectivity index (χ2n) is 8.94. The minimum Gasteiger partial charge on any atom is -0.379 e. The molecule has 5 rings (SSSR count). The predicted octanol–water partition coefficient (Wildman–Crippen LogP) is 3.37. The Kier molecular flexibility index (Phi) is 6.91. The average Bonchev–Trinajstić information content (AvgIpc) is 3.18. The Bertz CT molecular complexity index is 1010. The molecule has 1 saturated carbocycles. The molecular weight excluding hydrogens is 456 g/mol. The van der Waals surface area contributed by atoms with Gasteiger partial charge in [0.1, 0.15) is 6.54 Å². The highest BCUT2D eigenvalue weighted by atomic mass is 32.1. The van der Waals surface area contributed by atoms with Crippen LogP contribution < -0.4 is 0 Å². The average molecular weight is 487 g/mol. The summed E-state index contributed by atoms with van der Waals surface area (Å²) in [6, 6.07) is 6.06. The van der Waals surface area contributed by atoms with Crippen LogP contribution in [0, 0.1) is 12.8 Å². The van der Waals surface area contributed by atoms with E-state index in [1.165, 1.54) is 10.4 Å². The summed E-state index contributed by atoms with van der Waals surface area (Å²) in [5.41, 5.74) is 2.13. The van der Waals surface area contributed by atoms with E-state index in [9.17, 15) is 9.59 Å². The summed E-state index contributed by atoms with van der Waals surface area (Å²) >= 11 is 3.32. The fourth-order valence-corrected chi connectivity index (χ4v) is 6.17. The smallest absolute Gasteiger partial charge is 0.262 e. The van der Waals surface area contributed by atoms with E-state index in [1.807, 2.05) is 11.4 Å². The van der Waals surface area contributed by atoms with Crippen molar-refractivity contribution in [2.45, 2.75) is 32.2 Å². The van der Waals surface area contributed by atoms with Crippen LogP contribution in [-0.2, 0) is 14.3 Å². The van der Waals surface area contributed by atoms with Gasteiger partial charge >= 0.3 is 0 Å². The molecule has 2 amide bonds. The second kappa shape index (κ2) is 10.0. The molecule has 2 aromatic heterocycles. The molecule has 2 fully saturated rings. The SMILES string of the molecule is Cc1ccsc1C1CC(c2cccs2)=NN1C(=O)CN(CCN1CCOCC1)C(=O)C1CC1. The zero-order valence-corrected chi connectivity index (χ0v) is 20.6. The molecular formula is C24H30N4O3S2. The van der Waals surface area contributed by atoms with Gasteiger partial charge in [0.15, 0.2) is 0 Å². The fourth-order valence-electron chi connectivity index (χ4n) is 4.44. The minimum atomic E-state index is -0.105. The Hall–Kier alpha value is -2.07. The fraction of sp³-hybridized carbons (Fsp3) is 0.542. The topological polar surface area (TPSA) is 65.5 Å². The Balaban J connectivity index is 1.33. The Labute approximate surface area is 202 Å². The number of hydrogen-bond acceptors (Lipinski definition) is 7. The highest BCUT2D eigenvalue weighted by molar-refractivity contribution is 7.12. The summed E-state index contributed by atoms with van der Waals surface area (Å²) < 4.78 is 5.44. The molecule has 4 heterocycles. The summed E-state index contributed by atoms with van der Waals surface area (Å²) in [4.78, 5) is 33.0. The van der Waals surface area contributed by atoms with Crippen LogP contribution >= 0.6 is 22.7 Å². The Morgan fingerprint density at radius 1 is 1.18 bits per heavy atom. The Morgan fingerprint density at radius 2 is 2.00 bits per heavy atom. The maximum atomic E-state index is 13.6. The normalized spacial score (nSPS) is 21.3. The lowest BCUT2D eigenvalue weighted by Gasteiger charge is -2.31. The van der Waals surface area contributed by atoms with Gasteiger partial charge in [-0.15, -0.1) is 22.7 Å². The van der Waals surface area contributed by atoms with Crippen molar-refractivity contribution in [3.8, 4) is 0 Å². The highest BCUT2D eigenvalue weighted by Gasteiger charge is 2.38. The lowest BCUT2D eigenvalue weighted by atomic mass is 10.1. The maximum Gasteiger partial charge on any atom is 0.262 e. The monoisotopic (exact) mass is 486 g/mol. The van der Waals surface area contributed by atoms with Gasteiger partial charge in [-0.25, -0.2) is 5.01 Å². The van der Waals surface area contributed by atoms with Gasteiger partial charge in [-0.3, -0.25) is 14.5 Å². The molecule has 7 nitrogen and oxygen atoms in total.